The Morgan fingerprint density at radius 1 is 1.03 bits per heavy atom. The van der Waals surface area contributed by atoms with Gasteiger partial charge in [-0.15, -0.1) is 0 Å². The van der Waals surface area contributed by atoms with Crippen LogP contribution in [-0.4, -0.2) is 22.7 Å². The van der Waals surface area contributed by atoms with Gasteiger partial charge in [0.25, 0.3) is 5.91 Å². The summed E-state index contributed by atoms with van der Waals surface area (Å²) in [5, 5.41) is 5.99. The summed E-state index contributed by atoms with van der Waals surface area (Å²) >= 11 is 0. The largest absolute Gasteiger partial charge is 0.454 e. The molecule has 0 saturated heterocycles. The molecule has 0 unspecified atom stereocenters. The van der Waals surface area contributed by atoms with Gasteiger partial charge in [0.15, 0.2) is 11.5 Å². The van der Waals surface area contributed by atoms with Crippen molar-refractivity contribution in [3.05, 3.63) is 71.5 Å². The Morgan fingerprint density at radius 3 is 2.48 bits per heavy atom. The number of carbonyl (C=O) groups excluding carboxylic acids is 1. The zero-order valence-electron chi connectivity index (χ0n) is 16.3. The molecule has 0 atom stereocenters. The first-order chi connectivity index (χ1) is 14.1. The van der Waals surface area contributed by atoms with E-state index in [1.165, 1.54) is 18.0 Å². The molecule has 0 fully saturated rings. The average Bonchev–Trinajstić information content (AvgIpc) is 3.21. The maximum absolute atomic E-state index is 12.4. The number of carbonyl (C=O) groups is 1. The standard InChI is InChI=1S/C22H22N4O3/c1-14(2)16-4-6-18(7-5-16)26-22-24-11-17(12-25-22)21(27)23-10-15-3-8-19-20(9-15)29-13-28-19/h3-9,11-12,14H,10,13H2,1-2H3,(H,23,27)(H,24,25,26). The van der Waals surface area contributed by atoms with Gasteiger partial charge >= 0.3 is 0 Å². The molecule has 29 heavy (non-hydrogen) atoms. The lowest BCUT2D eigenvalue weighted by atomic mass is 10.0. The van der Waals surface area contributed by atoms with Crippen molar-refractivity contribution in [2.75, 3.05) is 12.1 Å². The van der Waals surface area contributed by atoms with Crippen LogP contribution in [0.15, 0.2) is 54.9 Å². The number of benzene rings is 2. The van der Waals surface area contributed by atoms with E-state index in [2.05, 4.69) is 46.6 Å². The number of nitrogens with zero attached hydrogens (tertiary/aromatic N) is 2. The number of ether oxygens (including phenoxy) is 2. The maximum atomic E-state index is 12.4. The fourth-order valence-corrected chi connectivity index (χ4v) is 2.93. The third-order valence-electron chi connectivity index (χ3n) is 4.64. The fourth-order valence-electron chi connectivity index (χ4n) is 2.93. The summed E-state index contributed by atoms with van der Waals surface area (Å²) in [6.07, 6.45) is 3.01. The van der Waals surface area contributed by atoms with Gasteiger partial charge in [-0.05, 0) is 41.3 Å². The van der Waals surface area contributed by atoms with E-state index in [1.807, 2.05) is 30.3 Å². The highest BCUT2D eigenvalue weighted by atomic mass is 16.7. The third-order valence-corrected chi connectivity index (χ3v) is 4.64. The number of aromatic nitrogens is 2. The first-order valence-electron chi connectivity index (χ1n) is 9.44. The number of nitrogens with one attached hydrogen (secondary N) is 2. The predicted octanol–water partition coefficient (Wildman–Crippen LogP) is 4.00. The van der Waals surface area contributed by atoms with E-state index in [4.69, 9.17) is 9.47 Å². The Labute approximate surface area is 169 Å². The van der Waals surface area contributed by atoms with Gasteiger partial charge in [-0.25, -0.2) is 9.97 Å². The fraction of sp³-hybridized carbons (Fsp3) is 0.227. The molecular weight excluding hydrogens is 368 g/mol. The summed E-state index contributed by atoms with van der Waals surface area (Å²) in [4.78, 5) is 20.8. The topological polar surface area (TPSA) is 85.4 Å². The minimum Gasteiger partial charge on any atom is -0.454 e. The summed E-state index contributed by atoms with van der Waals surface area (Å²) < 4.78 is 10.6. The van der Waals surface area contributed by atoms with Gasteiger partial charge in [-0.1, -0.05) is 32.0 Å². The zero-order chi connectivity index (χ0) is 20.2. The van der Waals surface area contributed by atoms with E-state index in [1.54, 1.807) is 0 Å². The normalized spacial score (nSPS) is 12.1. The maximum Gasteiger partial charge on any atom is 0.254 e. The highest BCUT2D eigenvalue weighted by molar-refractivity contribution is 5.93. The van der Waals surface area contributed by atoms with E-state index in [0.29, 0.717) is 29.7 Å². The van der Waals surface area contributed by atoms with Crippen molar-refractivity contribution in [3.8, 4) is 11.5 Å². The predicted molar refractivity (Wildman–Crippen MR) is 110 cm³/mol. The molecule has 0 radical (unpaired) electrons. The molecule has 1 aliphatic rings. The van der Waals surface area contributed by atoms with Crippen molar-refractivity contribution in [1.82, 2.24) is 15.3 Å². The zero-order valence-corrected chi connectivity index (χ0v) is 16.3. The third kappa shape index (κ3) is 4.45. The Bertz CT molecular complexity index is 1000. The molecular formula is C22H22N4O3. The Morgan fingerprint density at radius 2 is 1.76 bits per heavy atom. The van der Waals surface area contributed by atoms with Gasteiger partial charge in [-0.2, -0.15) is 0 Å². The van der Waals surface area contributed by atoms with Crippen LogP contribution in [0, 0.1) is 0 Å². The molecule has 2 aromatic carbocycles. The molecule has 2 heterocycles. The Hall–Kier alpha value is -3.61. The quantitative estimate of drug-likeness (QED) is 0.662. The van der Waals surface area contributed by atoms with Crippen LogP contribution in [0.5, 0.6) is 11.5 Å². The molecule has 1 aliphatic heterocycles. The molecule has 3 aromatic rings. The van der Waals surface area contributed by atoms with Crippen molar-refractivity contribution < 1.29 is 14.3 Å². The van der Waals surface area contributed by atoms with Gasteiger partial charge in [0.05, 0.1) is 5.56 Å². The number of anilines is 2. The van der Waals surface area contributed by atoms with E-state index in [0.717, 1.165) is 17.0 Å². The van der Waals surface area contributed by atoms with Gasteiger partial charge in [-0.3, -0.25) is 4.79 Å². The number of rotatable bonds is 6. The molecule has 0 saturated carbocycles. The second kappa shape index (κ2) is 8.18. The Balaban J connectivity index is 1.34. The van der Waals surface area contributed by atoms with Crippen LogP contribution in [0.1, 0.15) is 41.3 Å². The SMILES string of the molecule is CC(C)c1ccc(Nc2ncc(C(=O)NCc3ccc4c(c3)OCO4)cn2)cc1. The first-order valence-corrected chi connectivity index (χ1v) is 9.44. The molecule has 7 heteroatoms. The van der Waals surface area contributed by atoms with Crippen LogP contribution in [-0.2, 0) is 6.54 Å². The molecule has 1 aromatic heterocycles. The van der Waals surface area contributed by atoms with Gasteiger partial charge in [0.1, 0.15) is 0 Å². The average molecular weight is 390 g/mol. The van der Waals surface area contributed by atoms with Gasteiger partial charge < -0.3 is 20.1 Å². The Kier molecular flexibility index (Phi) is 5.29. The van der Waals surface area contributed by atoms with Crippen molar-refractivity contribution in [2.45, 2.75) is 26.3 Å². The molecule has 0 spiro atoms. The van der Waals surface area contributed by atoms with Crippen LogP contribution in [0.3, 0.4) is 0 Å². The van der Waals surface area contributed by atoms with Gasteiger partial charge in [0, 0.05) is 24.6 Å². The molecule has 0 bridgehead atoms. The second-order valence-corrected chi connectivity index (χ2v) is 7.07. The van der Waals surface area contributed by atoms with E-state index < -0.39 is 0 Å². The highest BCUT2D eigenvalue weighted by Gasteiger charge is 2.14. The smallest absolute Gasteiger partial charge is 0.254 e. The number of fused-ring (bicyclic) bond motifs is 1. The summed E-state index contributed by atoms with van der Waals surface area (Å²) in [5.74, 6) is 2.09. The molecule has 148 valence electrons. The van der Waals surface area contributed by atoms with Crippen LogP contribution in [0.2, 0.25) is 0 Å². The molecule has 0 aliphatic carbocycles. The second-order valence-electron chi connectivity index (χ2n) is 7.07. The number of amides is 1. The monoisotopic (exact) mass is 390 g/mol. The van der Waals surface area contributed by atoms with Crippen LogP contribution in [0.25, 0.3) is 0 Å². The van der Waals surface area contributed by atoms with Crippen molar-refractivity contribution in [2.24, 2.45) is 0 Å². The van der Waals surface area contributed by atoms with E-state index in [-0.39, 0.29) is 12.7 Å². The van der Waals surface area contributed by atoms with E-state index in [9.17, 15) is 4.79 Å². The van der Waals surface area contributed by atoms with Crippen LogP contribution in [0.4, 0.5) is 11.6 Å². The molecule has 4 rings (SSSR count). The summed E-state index contributed by atoms with van der Waals surface area (Å²) in [5.41, 5.74) is 3.48. The number of hydrogen-bond donors (Lipinski definition) is 2. The van der Waals surface area contributed by atoms with Gasteiger partial charge in [0.2, 0.25) is 12.7 Å². The highest BCUT2D eigenvalue weighted by Crippen LogP contribution is 2.32. The minimum absolute atomic E-state index is 0.227. The number of hydrogen-bond acceptors (Lipinski definition) is 6. The van der Waals surface area contributed by atoms with Crippen LogP contribution >= 0.6 is 0 Å². The lowest BCUT2D eigenvalue weighted by molar-refractivity contribution is 0.0950. The van der Waals surface area contributed by atoms with Crippen LogP contribution < -0.4 is 20.1 Å². The van der Waals surface area contributed by atoms with Crippen molar-refractivity contribution in [3.63, 3.8) is 0 Å². The first kappa shape index (κ1) is 18.7. The molecule has 1 amide bonds. The lowest BCUT2D eigenvalue weighted by Crippen LogP contribution is -2.23. The molecule has 2 N–H and O–H groups in total. The lowest BCUT2D eigenvalue weighted by Gasteiger charge is -2.09. The summed E-state index contributed by atoms with van der Waals surface area (Å²) in [7, 11) is 0. The van der Waals surface area contributed by atoms with Crippen molar-refractivity contribution >= 4 is 17.5 Å². The van der Waals surface area contributed by atoms with E-state index >= 15 is 0 Å². The van der Waals surface area contributed by atoms with Crippen molar-refractivity contribution in [1.29, 1.82) is 0 Å². The summed E-state index contributed by atoms with van der Waals surface area (Å²) in [6.45, 7) is 4.91. The minimum atomic E-state index is -0.240. The molecule has 7 nitrogen and oxygen atoms in total. The summed E-state index contributed by atoms with van der Waals surface area (Å²) in [6, 6.07) is 13.7.